The molecule has 0 aliphatic heterocycles. The highest BCUT2D eigenvalue weighted by Crippen LogP contribution is 2.43. The van der Waals surface area contributed by atoms with E-state index < -0.39 is 21.3 Å². The number of hydrogen-bond donors (Lipinski definition) is 3. The molecular formula is C15H16N4O7. The highest BCUT2D eigenvalue weighted by Gasteiger charge is 2.27. The van der Waals surface area contributed by atoms with Gasteiger partial charge in [0.15, 0.2) is 11.4 Å². The average molecular weight is 364 g/mol. The summed E-state index contributed by atoms with van der Waals surface area (Å²) in [5.74, 6) is -0.354. The molecule has 0 heterocycles. The lowest BCUT2D eigenvalue weighted by molar-refractivity contribution is -0.384. The Morgan fingerprint density at radius 2 is 1.92 bits per heavy atom. The van der Waals surface area contributed by atoms with Gasteiger partial charge in [0.05, 0.1) is 29.6 Å². The SMILES string of the molecule is COc1cc([N+](=O)[O-])ccc1N(NCCO)c1c(O)cccc1[N+](=O)[O-]. The summed E-state index contributed by atoms with van der Waals surface area (Å²) >= 11 is 0. The van der Waals surface area contributed by atoms with Crippen molar-refractivity contribution < 1.29 is 24.8 Å². The number of non-ortho nitro benzene ring substituents is 1. The fraction of sp³-hybridized carbons (Fsp3) is 0.200. The van der Waals surface area contributed by atoms with Gasteiger partial charge in [-0.25, -0.2) is 5.43 Å². The largest absolute Gasteiger partial charge is 0.505 e. The second-order valence-electron chi connectivity index (χ2n) is 4.98. The third kappa shape index (κ3) is 3.79. The minimum absolute atomic E-state index is 0.00830. The van der Waals surface area contributed by atoms with Gasteiger partial charge in [0, 0.05) is 18.7 Å². The number of hydrogen-bond acceptors (Lipinski definition) is 9. The Bertz CT molecular complexity index is 828. The Morgan fingerprint density at radius 1 is 1.19 bits per heavy atom. The van der Waals surface area contributed by atoms with Crippen molar-refractivity contribution in [3.05, 3.63) is 56.6 Å². The number of nitrogens with zero attached hydrogens (tertiary/aromatic N) is 3. The molecule has 138 valence electrons. The van der Waals surface area contributed by atoms with Crippen LogP contribution in [0.25, 0.3) is 0 Å². The van der Waals surface area contributed by atoms with Gasteiger partial charge in [0.2, 0.25) is 0 Å². The maximum Gasteiger partial charge on any atom is 0.298 e. The Hall–Kier alpha value is -3.44. The minimum Gasteiger partial charge on any atom is -0.505 e. The number of hydrazine groups is 1. The Morgan fingerprint density at radius 3 is 2.50 bits per heavy atom. The molecule has 0 atom stereocenters. The van der Waals surface area contributed by atoms with E-state index in [2.05, 4.69) is 5.43 Å². The number of nitro benzene ring substituents is 2. The van der Waals surface area contributed by atoms with E-state index in [1.807, 2.05) is 0 Å². The number of nitro groups is 2. The van der Waals surface area contributed by atoms with Crippen LogP contribution in [0.4, 0.5) is 22.7 Å². The lowest BCUT2D eigenvalue weighted by Crippen LogP contribution is -2.36. The number of methoxy groups -OCH3 is 1. The molecule has 0 saturated heterocycles. The quantitative estimate of drug-likeness (QED) is 0.470. The highest BCUT2D eigenvalue weighted by molar-refractivity contribution is 5.80. The molecule has 0 bridgehead atoms. The molecule has 11 heteroatoms. The third-order valence-corrected chi connectivity index (χ3v) is 3.41. The van der Waals surface area contributed by atoms with Gasteiger partial charge in [0.1, 0.15) is 11.4 Å². The normalized spacial score (nSPS) is 10.4. The van der Waals surface area contributed by atoms with Gasteiger partial charge < -0.3 is 14.9 Å². The lowest BCUT2D eigenvalue weighted by Gasteiger charge is -2.27. The van der Waals surface area contributed by atoms with Crippen molar-refractivity contribution in [1.82, 2.24) is 5.43 Å². The van der Waals surface area contributed by atoms with Crippen LogP contribution >= 0.6 is 0 Å². The molecule has 0 aliphatic carbocycles. The maximum atomic E-state index is 11.4. The molecule has 0 radical (unpaired) electrons. The number of rotatable bonds is 8. The molecule has 2 rings (SSSR count). The molecule has 26 heavy (non-hydrogen) atoms. The number of nitrogens with one attached hydrogen (secondary N) is 1. The molecule has 2 aromatic rings. The number of aliphatic hydroxyl groups is 1. The Balaban J connectivity index is 2.67. The number of aromatic hydroxyl groups is 1. The fourth-order valence-electron chi connectivity index (χ4n) is 2.31. The Kier molecular flexibility index (Phi) is 5.88. The fourth-order valence-corrected chi connectivity index (χ4v) is 2.31. The molecule has 0 fully saturated rings. The van der Waals surface area contributed by atoms with Crippen LogP contribution in [-0.2, 0) is 0 Å². The first-order valence-corrected chi connectivity index (χ1v) is 7.34. The predicted octanol–water partition coefficient (Wildman–Crippen LogP) is 1.85. The van der Waals surface area contributed by atoms with Crippen LogP contribution in [0, 0.1) is 20.2 Å². The number of phenols is 1. The zero-order chi connectivity index (χ0) is 19.3. The molecule has 0 aliphatic rings. The third-order valence-electron chi connectivity index (χ3n) is 3.41. The summed E-state index contributed by atoms with van der Waals surface area (Å²) in [6, 6.07) is 7.42. The predicted molar refractivity (Wildman–Crippen MR) is 91.6 cm³/mol. The van der Waals surface area contributed by atoms with Gasteiger partial charge in [-0.05, 0) is 12.1 Å². The zero-order valence-corrected chi connectivity index (χ0v) is 13.7. The number of benzene rings is 2. The van der Waals surface area contributed by atoms with Crippen molar-refractivity contribution in [2.24, 2.45) is 0 Å². The van der Waals surface area contributed by atoms with Crippen molar-refractivity contribution >= 4 is 22.7 Å². The van der Waals surface area contributed by atoms with Crippen molar-refractivity contribution in [1.29, 1.82) is 0 Å². The van der Waals surface area contributed by atoms with Crippen LogP contribution in [0.2, 0.25) is 0 Å². The average Bonchev–Trinajstić information content (AvgIpc) is 2.62. The minimum atomic E-state index is -0.680. The first-order valence-electron chi connectivity index (χ1n) is 7.34. The molecule has 0 saturated carbocycles. The number of aliphatic hydroxyl groups excluding tert-OH is 1. The van der Waals surface area contributed by atoms with Gasteiger partial charge in [-0.15, -0.1) is 0 Å². The van der Waals surface area contributed by atoms with Gasteiger partial charge in [-0.3, -0.25) is 25.2 Å². The summed E-state index contributed by atoms with van der Waals surface area (Å²) in [5.41, 5.74) is 2.07. The molecule has 0 unspecified atom stereocenters. The lowest BCUT2D eigenvalue weighted by atomic mass is 10.2. The van der Waals surface area contributed by atoms with E-state index >= 15 is 0 Å². The summed E-state index contributed by atoms with van der Waals surface area (Å²) in [5, 5.41) is 42.7. The van der Waals surface area contributed by atoms with Gasteiger partial charge in [0.25, 0.3) is 11.4 Å². The molecular weight excluding hydrogens is 348 g/mol. The van der Waals surface area contributed by atoms with Gasteiger partial charge >= 0.3 is 0 Å². The van der Waals surface area contributed by atoms with Gasteiger partial charge in [-0.2, -0.15) is 0 Å². The Labute approximate surface area is 147 Å². The van der Waals surface area contributed by atoms with Gasteiger partial charge in [-0.1, -0.05) is 6.07 Å². The van der Waals surface area contributed by atoms with Crippen LogP contribution in [0.3, 0.4) is 0 Å². The highest BCUT2D eigenvalue weighted by atomic mass is 16.6. The smallest absolute Gasteiger partial charge is 0.298 e. The van der Waals surface area contributed by atoms with Crippen LogP contribution in [0.5, 0.6) is 11.5 Å². The molecule has 0 aromatic heterocycles. The standard InChI is InChI=1S/C15H16N4O7/c1-26-14-9-10(18(22)23)5-6-11(14)17(16-7-8-20)15-12(19(24)25)3-2-4-13(15)21/h2-6,9,16,20-21H,7-8H2,1H3. The van der Waals surface area contributed by atoms with Crippen LogP contribution < -0.4 is 15.2 Å². The van der Waals surface area contributed by atoms with Crippen LogP contribution in [0.15, 0.2) is 36.4 Å². The summed E-state index contributed by atoms with van der Waals surface area (Å²) in [7, 11) is 1.28. The van der Waals surface area contributed by atoms with E-state index in [1.165, 1.54) is 37.4 Å². The summed E-state index contributed by atoms with van der Waals surface area (Å²) in [6.07, 6.45) is 0. The van der Waals surface area contributed by atoms with Crippen molar-refractivity contribution in [2.45, 2.75) is 0 Å². The molecule has 3 N–H and O–H groups in total. The van der Waals surface area contributed by atoms with Crippen molar-refractivity contribution in [3.8, 4) is 11.5 Å². The first kappa shape index (κ1) is 18.9. The topological polar surface area (TPSA) is 151 Å². The summed E-state index contributed by atoms with van der Waals surface area (Å²) < 4.78 is 5.16. The second-order valence-corrected chi connectivity index (χ2v) is 4.98. The number of anilines is 2. The number of para-hydroxylation sites is 1. The van der Waals surface area contributed by atoms with Crippen LogP contribution in [0.1, 0.15) is 0 Å². The van der Waals surface area contributed by atoms with E-state index in [1.54, 1.807) is 0 Å². The number of phenolic OH excluding ortho intramolecular Hbond substituents is 1. The maximum absolute atomic E-state index is 11.4. The van der Waals surface area contributed by atoms with Crippen molar-refractivity contribution in [3.63, 3.8) is 0 Å². The monoisotopic (exact) mass is 364 g/mol. The summed E-state index contributed by atoms with van der Waals surface area (Å²) in [6.45, 7) is -0.307. The number of ether oxygens (including phenoxy) is 1. The molecule has 0 amide bonds. The van der Waals surface area contributed by atoms with E-state index in [0.717, 1.165) is 11.1 Å². The summed E-state index contributed by atoms with van der Waals surface area (Å²) in [4.78, 5) is 21.0. The molecule has 0 spiro atoms. The van der Waals surface area contributed by atoms with E-state index in [0.29, 0.717) is 0 Å². The first-order chi connectivity index (χ1) is 12.4. The van der Waals surface area contributed by atoms with E-state index in [4.69, 9.17) is 9.84 Å². The molecule has 11 nitrogen and oxygen atoms in total. The van der Waals surface area contributed by atoms with Crippen LogP contribution in [-0.4, -0.2) is 40.3 Å². The second kappa shape index (κ2) is 8.09. The zero-order valence-electron chi connectivity index (χ0n) is 13.7. The molecule has 2 aromatic carbocycles. The van der Waals surface area contributed by atoms with Crippen molar-refractivity contribution in [2.75, 3.05) is 25.3 Å². The van der Waals surface area contributed by atoms with E-state index in [-0.39, 0.29) is 36.0 Å². The van der Waals surface area contributed by atoms with E-state index in [9.17, 15) is 25.3 Å².